The van der Waals surface area contributed by atoms with E-state index in [9.17, 15) is 16.8 Å². The Hall–Kier alpha value is -2.34. The number of hydrogen-bond donors (Lipinski definition) is 0. The minimum atomic E-state index is -3.51. The molecule has 2 saturated heterocycles. The van der Waals surface area contributed by atoms with Gasteiger partial charge in [0.2, 0.25) is 20.0 Å². The molecule has 0 unspecified atom stereocenters. The summed E-state index contributed by atoms with van der Waals surface area (Å²) in [5.74, 6) is 0. The molecule has 2 aliphatic heterocycles. The van der Waals surface area contributed by atoms with Gasteiger partial charge in [-0.15, -0.1) is 0 Å². The highest BCUT2D eigenvalue weighted by Crippen LogP contribution is 2.27. The molecule has 40 heavy (non-hydrogen) atoms. The van der Waals surface area contributed by atoms with Crippen LogP contribution in [0.1, 0.15) is 38.8 Å². The molecule has 4 rings (SSSR count). The summed E-state index contributed by atoms with van der Waals surface area (Å²) in [5.41, 5.74) is 3.67. The van der Waals surface area contributed by atoms with E-state index in [0.29, 0.717) is 36.1 Å². The van der Waals surface area contributed by atoms with E-state index in [-0.39, 0.29) is 24.3 Å². The molecule has 2 heterocycles. The molecule has 0 amide bonds. The highest BCUT2D eigenvalue weighted by Gasteiger charge is 2.38. The predicted octanol–water partition coefficient (Wildman–Crippen LogP) is 4.70. The number of morpholine rings is 2. The predicted molar refractivity (Wildman–Crippen MR) is 158 cm³/mol. The van der Waals surface area contributed by atoms with Crippen molar-refractivity contribution in [2.24, 2.45) is 0 Å². The molecule has 220 valence electrons. The Bertz CT molecular complexity index is 1290. The Morgan fingerprint density at radius 2 is 0.975 bits per heavy atom. The van der Waals surface area contributed by atoms with Crippen molar-refractivity contribution in [1.82, 2.24) is 8.61 Å². The van der Waals surface area contributed by atoms with Crippen LogP contribution in [0, 0.1) is 13.8 Å². The van der Waals surface area contributed by atoms with E-state index in [1.807, 2.05) is 65.8 Å². The quantitative estimate of drug-likeness (QED) is 0.453. The van der Waals surface area contributed by atoms with Crippen LogP contribution in [0.4, 0.5) is 0 Å². The fourth-order valence-corrected chi connectivity index (χ4v) is 8.01. The Kier molecular flexibility index (Phi) is 10.5. The normalized spacial score (nSPS) is 24.6. The first-order valence-corrected chi connectivity index (χ1v) is 16.2. The van der Waals surface area contributed by atoms with Crippen LogP contribution in [-0.4, -0.2) is 76.0 Å². The fourth-order valence-electron chi connectivity index (χ4n) is 4.54. The van der Waals surface area contributed by atoms with Crippen LogP contribution in [0.2, 0.25) is 0 Å². The zero-order valence-electron chi connectivity index (χ0n) is 24.3. The molecule has 10 heteroatoms. The molecule has 0 radical (unpaired) electrons. The van der Waals surface area contributed by atoms with Crippen LogP contribution in [0.25, 0.3) is 0 Å². The number of rotatable bonds is 6. The third kappa shape index (κ3) is 7.48. The van der Waals surface area contributed by atoms with Crippen LogP contribution in [-0.2, 0) is 29.5 Å². The smallest absolute Gasteiger partial charge is 0.243 e. The molecule has 0 N–H and O–H groups in total. The summed E-state index contributed by atoms with van der Waals surface area (Å²) in [4.78, 5) is 0.645. The number of ether oxygens (including phenoxy) is 2. The molecular weight excluding hydrogens is 548 g/mol. The lowest BCUT2D eigenvalue weighted by Crippen LogP contribution is -2.51. The first-order chi connectivity index (χ1) is 18.6. The maximum Gasteiger partial charge on any atom is 0.243 e. The lowest BCUT2D eigenvalue weighted by atomic mass is 10.1. The van der Waals surface area contributed by atoms with E-state index in [2.05, 4.69) is 13.2 Å². The summed E-state index contributed by atoms with van der Waals surface area (Å²) in [6.45, 7) is 20.5. The summed E-state index contributed by atoms with van der Waals surface area (Å²) in [6.07, 6.45) is -0.211. The first-order valence-electron chi connectivity index (χ1n) is 13.4. The van der Waals surface area contributed by atoms with Gasteiger partial charge in [0.15, 0.2) is 0 Å². The molecule has 2 aromatic carbocycles. The second-order valence-electron chi connectivity index (χ2n) is 10.8. The van der Waals surface area contributed by atoms with Crippen molar-refractivity contribution in [1.29, 1.82) is 0 Å². The summed E-state index contributed by atoms with van der Waals surface area (Å²) in [5, 5.41) is 0. The maximum absolute atomic E-state index is 12.8. The van der Waals surface area contributed by atoms with E-state index in [1.54, 1.807) is 24.3 Å². The van der Waals surface area contributed by atoms with Crippen molar-refractivity contribution in [3.05, 3.63) is 84.0 Å². The second-order valence-corrected chi connectivity index (χ2v) is 14.6. The Balaban J connectivity index is 0.000000220. The van der Waals surface area contributed by atoms with Gasteiger partial charge in [-0.05, 0) is 65.8 Å². The molecule has 8 nitrogen and oxygen atoms in total. The largest absolute Gasteiger partial charge is 0.375 e. The molecule has 2 aliphatic rings. The highest BCUT2D eigenvalue weighted by molar-refractivity contribution is 7.89. The zero-order valence-corrected chi connectivity index (χ0v) is 26.0. The molecular formula is C30H42N2O6S2. The Morgan fingerprint density at radius 3 is 1.25 bits per heavy atom. The van der Waals surface area contributed by atoms with Crippen molar-refractivity contribution in [2.75, 3.05) is 26.3 Å². The molecule has 0 saturated carbocycles. The van der Waals surface area contributed by atoms with Gasteiger partial charge in [-0.1, -0.05) is 59.7 Å². The minimum Gasteiger partial charge on any atom is -0.375 e. The highest BCUT2D eigenvalue weighted by atomic mass is 32.2. The van der Waals surface area contributed by atoms with Gasteiger partial charge in [0, 0.05) is 13.1 Å². The van der Waals surface area contributed by atoms with Gasteiger partial charge in [0.25, 0.3) is 0 Å². The van der Waals surface area contributed by atoms with Crippen LogP contribution in [0.5, 0.6) is 0 Å². The van der Waals surface area contributed by atoms with Crippen LogP contribution in [0.15, 0.2) is 82.6 Å². The number of hydrogen-bond acceptors (Lipinski definition) is 6. The number of sulfonamides is 2. The second kappa shape index (κ2) is 13.1. The molecule has 2 aromatic rings. The van der Waals surface area contributed by atoms with Crippen molar-refractivity contribution < 1.29 is 26.3 Å². The van der Waals surface area contributed by atoms with E-state index in [1.165, 1.54) is 8.61 Å². The van der Waals surface area contributed by atoms with Gasteiger partial charge in [-0.25, -0.2) is 16.8 Å². The van der Waals surface area contributed by atoms with Gasteiger partial charge in [-0.2, -0.15) is 8.61 Å². The molecule has 0 bridgehead atoms. The van der Waals surface area contributed by atoms with Crippen molar-refractivity contribution >= 4 is 20.0 Å². The average molecular weight is 591 g/mol. The third-order valence-corrected chi connectivity index (χ3v) is 10.8. The number of nitrogens with zero attached hydrogens (tertiary/aromatic N) is 2. The molecule has 2 fully saturated rings. The average Bonchev–Trinajstić information content (AvgIpc) is 2.89. The van der Waals surface area contributed by atoms with Gasteiger partial charge in [-0.3, -0.25) is 0 Å². The molecule has 0 spiro atoms. The summed E-state index contributed by atoms with van der Waals surface area (Å²) in [6, 6.07) is 13.3. The molecule has 0 aliphatic carbocycles. The van der Waals surface area contributed by atoms with Crippen LogP contribution in [0.3, 0.4) is 0 Å². The van der Waals surface area contributed by atoms with Crippen molar-refractivity contribution in [3.8, 4) is 0 Å². The van der Waals surface area contributed by atoms with E-state index in [4.69, 9.17) is 9.47 Å². The van der Waals surface area contributed by atoms with Crippen molar-refractivity contribution in [3.63, 3.8) is 0 Å². The fraction of sp³-hybridized carbons (Fsp3) is 0.467. The SMILES string of the molecule is C=C(C)[C@@H]1CO[C@@H](C)CN1S(=O)(=O)c1ccc(C)cc1.C=C(C)[C@@H]1CO[C@@H](C)CN1S(=O)(=O)c1ccc(C)cc1. The van der Waals surface area contributed by atoms with E-state index >= 15 is 0 Å². The summed E-state index contributed by atoms with van der Waals surface area (Å²) in [7, 11) is -7.03. The van der Waals surface area contributed by atoms with Crippen LogP contribution < -0.4 is 0 Å². The lowest BCUT2D eigenvalue weighted by Gasteiger charge is -2.37. The third-order valence-electron chi connectivity index (χ3n) is 7.04. The standard InChI is InChI=1S/2C15H21NO3S/c2*1-11(2)15-10-19-13(4)9-16(15)20(17,18)14-7-5-12(3)6-8-14/h2*5-8,13,15H,1,9-10H2,2-4H3/t2*13-,15-/m00/s1. The minimum absolute atomic E-state index is 0.106. The van der Waals surface area contributed by atoms with E-state index < -0.39 is 20.0 Å². The number of benzene rings is 2. The molecule has 0 aromatic heterocycles. The zero-order chi connectivity index (χ0) is 29.8. The maximum atomic E-state index is 12.8. The summed E-state index contributed by atoms with van der Waals surface area (Å²) < 4.78 is 65.3. The lowest BCUT2D eigenvalue weighted by molar-refractivity contribution is -0.0123. The molecule has 4 atom stereocenters. The van der Waals surface area contributed by atoms with Gasteiger partial charge in [0.1, 0.15) is 0 Å². The first kappa shape index (κ1) is 32.2. The monoisotopic (exact) mass is 590 g/mol. The van der Waals surface area contributed by atoms with Gasteiger partial charge >= 0.3 is 0 Å². The Labute approximate surface area is 240 Å². The van der Waals surface area contributed by atoms with Crippen LogP contribution >= 0.6 is 0 Å². The topological polar surface area (TPSA) is 93.2 Å². The van der Waals surface area contributed by atoms with Gasteiger partial charge in [0.05, 0.1) is 47.3 Å². The van der Waals surface area contributed by atoms with Gasteiger partial charge < -0.3 is 9.47 Å². The van der Waals surface area contributed by atoms with E-state index in [0.717, 1.165) is 22.3 Å². The number of aryl methyl sites for hydroxylation is 2. The van der Waals surface area contributed by atoms with Crippen molar-refractivity contribution in [2.45, 2.75) is 75.6 Å². The summed E-state index contributed by atoms with van der Waals surface area (Å²) >= 11 is 0. The Morgan fingerprint density at radius 1 is 0.675 bits per heavy atom.